The second-order valence-electron chi connectivity index (χ2n) is 11.1. The lowest BCUT2D eigenvalue weighted by Gasteiger charge is -2.23. The van der Waals surface area contributed by atoms with Crippen LogP contribution in [0, 0.1) is 13.8 Å². The van der Waals surface area contributed by atoms with E-state index in [1.807, 2.05) is 62.7 Å². The van der Waals surface area contributed by atoms with Gasteiger partial charge in [-0.15, -0.1) is 5.10 Å². The van der Waals surface area contributed by atoms with Crippen molar-refractivity contribution in [1.29, 1.82) is 0 Å². The minimum absolute atomic E-state index is 0.0472. The fraction of sp³-hybridized carbons (Fsp3) is 0.273. The molecule has 6 rings (SSSR count). The highest BCUT2D eigenvalue weighted by atomic mass is 32.2. The Morgan fingerprint density at radius 2 is 1.91 bits per heavy atom. The summed E-state index contributed by atoms with van der Waals surface area (Å²) in [6, 6.07) is 12.9. The fourth-order valence-electron chi connectivity index (χ4n) is 5.56. The Morgan fingerprint density at radius 1 is 1.11 bits per heavy atom. The number of nitrogens with one attached hydrogen (secondary N) is 1. The molecule has 0 saturated heterocycles. The highest BCUT2D eigenvalue weighted by Gasteiger charge is 2.35. The number of anilines is 1. The Labute approximate surface area is 267 Å². The summed E-state index contributed by atoms with van der Waals surface area (Å²) in [7, 11) is -3.91. The van der Waals surface area contributed by atoms with E-state index in [0.29, 0.717) is 24.2 Å². The summed E-state index contributed by atoms with van der Waals surface area (Å²) in [6.45, 7) is 8.81. The molecule has 46 heavy (non-hydrogen) atoms. The van der Waals surface area contributed by atoms with Gasteiger partial charge in [0, 0.05) is 25.4 Å². The standard InChI is InChI=1S/C33H34N8O4S/c1-5-26-19-40(46(43,44)30-8-7-13-36-33(30)45-26)18-24-14-23(10-9-21(24)3)28(15-31(42)37-25-16-34-20-35-17-25)27-11-12-29-32(22(27)4)38-39-41(29)6-2/h7-17,20,26H,5-6,18-19H2,1-4H3,(H,37,42)/t26-/m1/s1. The van der Waals surface area contributed by atoms with E-state index in [0.717, 1.165) is 38.9 Å². The molecule has 0 unspecified atom stereocenters. The molecule has 12 nitrogen and oxygen atoms in total. The van der Waals surface area contributed by atoms with E-state index in [9.17, 15) is 13.2 Å². The topological polar surface area (TPSA) is 145 Å². The summed E-state index contributed by atoms with van der Waals surface area (Å²) in [5.41, 5.74) is 6.84. The molecule has 0 spiro atoms. The van der Waals surface area contributed by atoms with E-state index in [4.69, 9.17) is 4.74 Å². The third-order valence-corrected chi connectivity index (χ3v) is 9.96. The zero-order chi connectivity index (χ0) is 32.4. The van der Waals surface area contributed by atoms with Crippen LogP contribution in [0.25, 0.3) is 16.6 Å². The van der Waals surface area contributed by atoms with Crippen molar-refractivity contribution in [3.63, 3.8) is 0 Å². The van der Waals surface area contributed by atoms with E-state index in [1.165, 1.54) is 41.4 Å². The first-order chi connectivity index (χ1) is 22.2. The van der Waals surface area contributed by atoms with Gasteiger partial charge in [-0.1, -0.05) is 30.3 Å². The number of carbonyl (C=O) groups excluding carboxylic acids is 1. The van der Waals surface area contributed by atoms with Gasteiger partial charge in [-0.25, -0.2) is 28.1 Å². The third kappa shape index (κ3) is 5.98. The zero-order valence-corrected chi connectivity index (χ0v) is 26.8. The number of pyridine rings is 1. The maximum atomic E-state index is 13.9. The normalized spacial score (nSPS) is 16.4. The predicted molar refractivity (Wildman–Crippen MR) is 173 cm³/mol. The van der Waals surface area contributed by atoms with E-state index in [1.54, 1.807) is 6.07 Å². The van der Waals surface area contributed by atoms with Crippen LogP contribution in [0.2, 0.25) is 0 Å². The summed E-state index contributed by atoms with van der Waals surface area (Å²) in [4.78, 5) is 25.6. The molecule has 0 radical (unpaired) electrons. The second-order valence-corrected chi connectivity index (χ2v) is 13.0. The first kappa shape index (κ1) is 31.0. The lowest BCUT2D eigenvalue weighted by atomic mass is 9.91. The van der Waals surface area contributed by atoms with Gasteiger partial charge in [0.1, 0.15) is 22.8 Å². The molecule has 3 aromatic heterocycles. The van der Waals surface area contributed by atoms with Crippen molar-refractivity contribution in [2.75, 3.05) is 11.9 Å². The van der Waals surface area contributed by atoms with E-state index >= 15 is 0 Å². The number of hydrogen-bond donors (Lipinski definition) is 1. The number of carbonyl (C=O) groups is 1. The van der Waals surface area contributed by atoms with Crippen molar-refractivity contribution >= 4 is 38.2 Å². The third-order valence-electron chi connectivity index (χ3n) is 8.14. The summed E-state index contributed by atoms with van der Waals surface area (Å²) in [5.74, 6) is -0.251. The molecule has 0 bridgehead atoms. The van der Waals surface area contributed by atoms with E-state index in [-0.39, 0.29) is 35.9 Å². The van der Waals surface area contributed by atoms with Gasteiger partial charge in [0.25, 0.3) is 0 Å². The van der Waals surface area contributed by atoms with Crippen LogP contribution in [0.15, 0.2) is 78.4 Å². The number of fused-ring (bicyclic) bond motifs is 2. The molecule has 5 aromatic rings. The average molecular weight is 639 g/mol. The Hall–Kier alpha value is -5.01. The van der Waals surface area contributed by atoms with Crippen LogP contribution >= 0.6 is 0 Å². The molecule has 4 heterocycles. The Kier molecular flexibility index (Phi) is 8.61. The number of amides is 1. The Morgan fingerprint density at radius 3 is 2.67 bits per heavy atom. The predicted octanol–water partition coefficient (Wildman–Crippen LogP) is 4.69. The van der Waals surface area contributed by atoms with Crippen LogP contribution in [0.3, 0.4) is 0 Å². The van der Waals surface area contributed by atoms with Gasteiger partial charge in [-0.3, -0.25) is 4.79 Å². The van der Waals surface area contributed by atoms with Crippen LogP contribution in [0.1, 0.15) is 48.1 Å². The quantitative estimate of drug-likeness (QED) is 0.239. The summed E-state index contributed by atoms with van der Waals surface area (Å²) < 4.78 is 37.0. The van der Waals surface area contributed by atoms with Crippen molar-refractivity contribution in [2.24, 2.45) is 0 Å². The SMILES string of the molecule is CC[C@@H]1CN(Cc2cc(C(=CC(=O)Nc3cncnc3)c3ccc4c(nnn4CC)c3C)ccc2C)S(=O)(=O)c2cccnc2O1. The van der Waals surface area contributed by atoms with Crippen LogP contribution in [-0.2, 0) is 27.9 Å². The maximum Gasteiger partial charge on any atom is 0.249 e. The number of sulfonamides is 1. The van der Waals surface area contributed by atoms with Gasteiger partial charge >= 0.3 is 0 Å². The van der Waals surface area contributed by atoms with Crippen molar-refractivity contribution in [3.8, 4) is 5.88 Å². The molecular formula is C33H34N8O4S. The average Bonchev–Trinajstić information content (AvgIpc) is 3.45. The molecule has 0 saturated carbocycles. The van der Waals surface area contributed by atoms with Crippen LogP contribution in [0.4, 0.5) is 5.69 Å². The number of benzene rings is 2. The highest BCUT2D eigenvalue weighted by molar-refractivity contribution is 7.89. The number of ether oxygens (including phenoxy) is 1. The van der Waals surface area contributed by atoms with Crippen LogP contribution in [-0.4, -0.2) is 61.2 Å². The van der Waals surface area contributed by atoms with Gasteiger partial charge in [-0.2, -0.15) is 4.31 Å². The van der Waals surface area contributed by atoms with Gasteiger partial charge < -0.3 is 10.1 Å². The number of nitrogens with zero attached hydrogens (tertiary/aromatic N) is 7. The van der Waals surface area contributed by atoms with Crippen LogP contribution in [0.5, 0.6) is 5.88 Å². The highest BCUT2D eigenvalue weighted by Crippen LogP contribution is 2.34. The van der Waals surface area contributed by atoms with Gasteiger partial charge in [0.15, 0.2) is 0 Å². The van der Waals surface area contributed by atoms with E-state index in [2.05, 4.69) is 30.6 Å². The number of aryl methyl sites for hydroxylation is 3. The molecule has 236 valence electrons. The summed E-state index contributed by atoms with van der Waals surface area (Å²) in [5, 5.41) is 11.5. The summed E-state index contributed by atoms with van der Waals surface area (Å²) >= 11 is 0. The molecule has 0 fully saturated rings. The summed E-state index contributed by atoms with van der Waals surface area (Å²) in [6.07, 6.45) is 7.74. The Bertz CT molecular complexity index is 2060. The van der Waals surface area contributed by atoms with Crippen molar-refractivity contribution in [2.45, 2.75) is 58.2 Å². The van der Waals surface area contributed by atoms with Gasteiger partial charge in [-0.05, 0) is 84.8 Å². The lowest BCUT2D eigenvalue weighted by molar-refractivity contribution is -0.111. The molecule has 2 aromatic carbocycles. The molecule has 0 aliphatic carbocycles. The molecule has 1 amide bonds. The molecule has 1 N–H and O–H groups in total. The smallest absolute Gasteiger partial charge is 0.249 e. The molecular weight excluding hydrogens is 604 g/mol. The number of aromatic nitrogens is 6. The molecule has 1 atom stereocenters. The van der Waals surface area contributed by atoms with Crippen LogP contribution < -0.4 is 10.1 Å². The lowest BCUT2D eigenvalue weighted by Crippen LogP contribution is -2.36. The first-order valence-electron chi connectivity index (χ1n) is 15.0. The minimum atomic E-state index is -3.91. The number of hydrogen-bond acceptors (Lipinski definition) is 9. The molecule has 13 heteroatoms. The number of rotatable bonds is 8. The largest absolute Gasteiger partial charge is 0.472 e. The maximum absolute atomic E-state index is 13.9. The minimum Gasteiger partial charge on any atom is -0.472 e. The second kappa shape index (κ2) is 12.8. The monoisotopic (exact) mass is 638 g/mol. The van der Waals surface area contributed by atoms with Gasteiger partial charge in [0.05, 0.1) is 30.1 Å². The van der Waals surface area contributed by atoms with Crippen molar-refractivity contribution < 1.29 is 17.9 Å². The molecule has 1 aliphatic heterocycles. The zero-order valence-electron chi connectivity index (χ0n) is 26.0. The van der Waals surface area contributed by atoms with E-state index < -0.39 is 10.0 Å². The Balaban J connectivity index is 1.44. The first-order valence-corrected chi connectivity index (χ1v) is 16.5. The van der Waals surface area contributed by atoms with Crippen molar-refractivity contribution in [3.05, 3.63) is 101 Å². The van der Waals surface area contributed by atoms with Gasteiger partial charge in [0.2, 0.25) is 21.8 Å². The molecule has 1 aliphatic rings. The fourth-order valence-corrected chi connectivity index (χ4v) is 7.09. The van der Waals surface area contributed by atoms with Crippen molar-refractivity contribution in [1.82, 2.24) is 34.3 Å².